The Morgan fingerprint density at radius 3 is 1.67 bits per heavy atom. The summed E-state index contributed by atoms with van der Waals surface area (Å²) in [6.07, 6.45) is 2.35. The standard InChI is InChI=1S/C41H44N4O4/c46-27-36(24-28-8-2-1-3-9-28)43-40(48)37(25-29-14-16-31-10-4-6-12-34(31)22-29)45-41(49)38(44-39(47)33-18-20-42-21-19-33)26-30-15-17-32-11-5-7-13-35(32)23-30/h1-17,22-23,33,36-38,42,46H,18-21,24-27H2,(H,43,48)(H,44,47)(H,45,49). The highest BCUT2D eigenvalue weighted by atomic mass is 16.3. The van der Waals surface area contributed by atoms with Crippen LogP contribution in [0.2, 0.25) is 0 Å². The Morgan fingerprint density at radius 2 is 1.10 bits per heavy atom. The summed E-state index contributed by atoms with van der Waals surface area (Å²) in [5.41, 5.74) is 2.77. The highest BCUT2D eigenvalue weighted by molar-refractivity contribution is 5.93. The minimum atomic E-state index is -0.951. The molecule has 8 nitrogen and oxygen atoms in total. The van der Waals surface area contributed by atoms with Crippen LogP contribution in [0.25, 0.3) is 21.5 Å². The molecule has 0 saturated carbocycles. The fraction of sp³-hybridized carbons (Fsp3) is 0.293. The van der Waals surface area contributed by atoms with Gasteiger partial charge in [0.2, 0.25) is 17.7 Å². The Hall–Kier alpha value is -5.05. The third-order valence-electron chi connectivity index (χ3n) is 9.38. The van der Waals surface area contributed by atoms with Crippen LogP contribution in [0.5, 0.6) is 0 Å². The molecule has 1 aliphatic rings. The average molecular weight is 657 g/mol. The fourth-order valence-corrected chi connectivity index (χ4v) is 6.63. The molecule has 49 heavy (non-hydrogen) atoms. The number of carbonyl (C=O) groups is 3. The second kappa shape index (κ2) is 16.4. The summed E-state index contributed by atoms with van der Waals surface area (Å²) < 4.78 is 0. The van der Waals surface area contributed by atoms with E-state index in [1.165, 1.54) is 0 Å². The van der Waals surface area contributed by atoms with E-state index in [2.05, 4.69) is 21.3 Å². The van der Waals surface area contributed by atoms with Crippen molar-refractivity contribution in [3.63, 3.8) is 0 Å². The Morgan fingerprint density at radius 1 is 0.592 bits per heavy atom. The summed E-state index contributed by atoms with van der Waals surface area (Å²) in [4.78, 5) is 41.7. The minimum Gasteiger partial charge on any atom is -0.394 e. The van der Waals surface area contributed by atoms with Gasteiger partial charge in [0.25, 0.3) is 0 Å². The van der Waals surface area contributed by atoms with Gasteiger partial charge in [0.1, 0.15) is 12.1 Å². The molecular formula is C41H44N4O4. The summed E-state index contributed by atoms with van der Waals surface area (Å²) in [7, 11) is 0. The lowest BCUT2D eigenvalue weighted by atomic mass is 9.95. The summed E-state index contributed by atoms with van der Waals surface area (Å²) >= 11 is 0. The van der Waals surface area contributed by atoms with Gasteiger partial charge in [-0.3, -0.25) is 14.4 Å². The van der Waals surface area contributed by atoms with E-state index in [0.717, 1.165) is 51.3 Å². The summed E-state index contributed by atoms with van der Waals surface area (Å²) in [6, 6.07) is 35.3. The van der Waals surface area contributed by atoms with Gasteiger partial charge in [-0.05, 0) is 70.6 Å². The predicted molar refractivity (Wildman–Crippen MR) is 194 cm³/mol. The SMILES string of the molecule is O=C(NC(Cc1ccc2ccccc2c1)C(=O)NC(Cc1ccc2ccccc2c1)C(=O)NC(CO)Cc1ccccc1)C1CCNCC1. The van der Waals surface area contributed by atoms with Gasteiger partial charge in [-0.15, -0.1) is 0 Å². The number of benzene rings is 5. The maximum absolute atomic E-state index is 14.2. The third-order valence-corrected chi connectivity index (χ3v) is 9.38. The van der Waals surface area contributed by atoms with Crippen LogP contribution < -0.4 is 21.3 Å². The number of hydrogen-bond acceptors (Lipinski definition) is 5. The molecule has 0 aliphatic carbocycles. The lowest BCUT2D eigenvalue weighted by Gasteiger charge is -2.27. The molecule has 6 rings (SSSR count). The number of carbonyl (C=O) groups excluding carboxylic acids is 3. The minimum absolute atomic E-state index is 0.152. The van der Waals surface area contributed by atoms with Gasteiger partial charge in [0.15, 0.2) is 0 Å². The molecule has 252 valence electrons. The molecule has 1 aliphatic heterocycles. The Kier molecular flexibility index (Phi) is 11.3. The van der Waals surface area contributed by atoms with Crippen molar-refractivity contribution in [3.05, 3.63) is 132 Å². The van der Waals surface area contributed by atoms with Crippen LogP contribution >= 0.6 is 0 Å². The molecule has 0 spiro atoms. The lowest BCUT2D eigenvalue weighted by molar-refractivity contribution is -0.133. The first-order chi connectivity index (χ1) is 23.9. The molecule has 3 amide bonds. The zero-order chi connectivity index (χ0) is 34.0. The van der Waals surface area contributed by atoms with Crippen molar-refractivity contribution in [3.8, 4) is 0 Å². The Balaban J connectivity index is 1.26. The van der Waals surface area contributed by atoms with Crippen LogP contribution in [0.4, 0.5) is 0 Å². The van der Waals surface area contributed by atoms with E-state index in [4.69, 9.17) is 0 Å². The van der Waals surface area contributed by atoms with Crippen LogP contribution in [0.3, 0.4) is 0 Å². The molecule has 3 atom stereocenters. The van der Waals surface area contributed by atoms with E-state index in [1.54, 1.807) is 0 Å². The molecule has 5 aromatic rings. The summed E-state index contributed by atoms with van der Waals surface area (Å²) in [5, 5.41) is 26.8. The van der Waals surface area contributed by atoms with Crippen molar-refractivity contribution in [2.75, 3.05) is 19.7 Å². The van der Waals surface area contributed by atoms with E-state index in [1.807, 2.05) is 115 Å². The second-order valence-electron chi connectivity index (χ2n) is 13.0. The molecular weight excluding hydrogens is 612 g/mol. The molecule has 5 aromatic carbocycles. The first kappa shape index (κ1) is 33.8. The molecule has 8 heteroatoms. The number of nitrogens with one attached hydrogen (secondary N) is 4. The van der Waals surface area contributed by atoms with Crippen LogP contribution in [0.15, 0.2) is 115 Å². The van der Waals surface area contributed by atoms with E-state index in [9.17, 15) is 19.5 Å². The number of fused-ring (bicyclic) bond motifs is 2. The quantitative estimate of drug-likeness (QED) is 0.128. The summed E-state index contributed by atoms with van der Waals surface area (Å²) in [5.74, 6) is -1.17. The second-order valence-corrected chi connectivity index (χ2v) is 13.0. The molecule has 3 unspecified atom stereocenters. The maximum Gasteiger partial charge on any atom is 0.243 e. The predicted octanol–water partition coefficient (Wildman–Crippen LogP) is 4.47. The van der Waals surface area contributed by atoms with Gasteiger partial charge in [-0.1, -0.05) is 115 Å². The van der Waals surface area contributed by atoms with E-state index in [-0.39, 0.29) is 31.3 Å². The van der Waals surface area contributed by atoms with Crippen molar-refractivity contribution >= 4 is 39.3 Å². The van der Waals surface area contributed by atoms with E-state index >= 15 is 0 Å². The Labute approximate surface area is 287 Å². The smallest absolute Gasteiger partial charge is 0.243 e. The van der Waals surface area contributed by atoms with Crippen LogP contribution in [-0.2, 0) is 33.6 Å². The molecule has 0 radical (unpaired) electrons. The average Bonchev–Trinajstić information content (AvgIpc) is 3.14. The highest BCUT2D eigenvalue weighted by Gasteiger charge is 2.31. The molecule has 1 fully saturated rings. The maximum atomic E-state index is 14.2. The topological polar surface area (TPSA) is 120 Å². The van der Waals surface area contributed by atoms with Crippen molar-refractivity contribution < 1.29 is 19.5 Å². The van der Waals surface area contributed by atoms with Crippen LogP contribution in [0.1, 0.15) is 29.5 Å². The molecule has 0 bridgehead atoms. The number of aliphatic hydroxyl groups excluding tert-OH is 1. The van der Waals surface area contributed by atoms with E-state index in [0.29, 0.717) is 19.3 Å². The zero-order valence-corrected chi connectivity index (χ0v) is 27.6. The monoisotopic (exact) mass is 656 g/mol. The Bertz CT molecular complexity index is 1890. The lowest BCUT2D eigenvalue weighted by Crippen LogP contribution is -2.57. The normalized spacial score (nSPS) is 15.3. The fourth-order valence-electron chi connectivity index (χ4n) is 6.63. The summed E-state index contributed by atoms with van der Waals surface area (Å²) in [6.45, 7) is 1.25. The number of aliphatic hydroxyl groups is 1. The van der Waals surface area contributed by atoms with Gasteiger partial charge in [0, 0.05) is 18.8 Å². The number of rotatable bonds is 13. The van der Waals surface area contributed by atoms with Gasteiger partial charge in [-0.2, -0.15) is 0 Å². The van der Waals surface area contributed by atoms with Crippen molar-refractivity contribution in [1.29, 1.82) is 0 Å². The van der Waals surface area contributed by atoms with Gasteiger partial charge in [0.05, 0.1) is 12.6 Å². The highest BCUT2D eigenvalue weighted by Crippen LogP contribution is 2.20. The van der Waals surface area contributed by atoms with Crippen LogP contribution in [0, 0.1) is 5.92 Å². The van der Waals surface area contributed by atoms with Gasteiger partial charge < -0.3 is 26.4 Å². The molecule has 0 aromatic heterocycles. The van der Waals surface area contributed by atoms with Crippen molar-refractivity contribution in [1.82, 2.24) is 21.3 Å². The number of piperidine rings is 1. The molecule has 1 saturated heterocycles. The third kappa shape index (κ3) is 9.10. The van der Waals surface area contributed by atoms with Crippen LogP contribution in [-0.4, -0.2) is 60.6 Å². The first-order valence-electron chi connectivity index (χ1n) is 17.2. The number of hydrogen-bond donors (Lipinski definition) is 5. The number of amides is 3. The van der Waals surface area contributed by atoms with E-state index < -0.39 is 29.9 Å². The van der Waals surface area contributed by atoms with Gasteiger partial charge >= 0.3 is 0 Å². The molecule has 5 N–H and O–H groups in total. The van der Waals surface area contributed by atoms with Crippen molar-refractivity contribution in [2.24, 2.45) is 5.92 Å². The van der Waals surface area contributed by atoms with Crippen molar-refractivity contribution in [2.45, 2.75) is 50.2 Å². The van der Waals surface area contributed by atoms with Gasteiger partial charge in [-0.25, -0.2) is 0 Å². The molecule has 1 heterocycles. The first-order valence-corrected chi connectivity index (χ1v) is 17.2. The zero-order valence-electron chi connectivity index (χ0n) is 27.6. The largest absolute Gasteiger partial charge is 0.394 e.